The number of aliphatic hydroxyl groups is 2. The smallest absolute Gasteiger partial charge is 0.386 e. The molecule has 7 aromatic heterocycles. The number of aryl methyl sites for hydroxylation is 5. The second-order valence-corrected chi connectivity index (χ2v) is 45.3. The number of H-pyrrole nitrogens is 3. The van der Waals surface area contributed by atoms with Crippen LogP contribution in [0.1, 0.15) is 123 Å². The van der Waals surface area contributed by atoms with Gasteiger partial charge in [-0.3, -0.25) is 97.5 Å². The Balaban J connectivity index is 0.616. The van der Waals surface area contributed by atoms with Crippen LogP contribution in [-0.2, 0) is 101 Å². The molecule has 11 N–H and O–H groups in total. The molecule has 7 saturated heterocycles. The van der Waals surface area contributed by atoms with Gasteiger partial charge in [-0.2, -0.15) is 9.97 Å². The number of thiol groups is 5. The highest BCUT2D eigenvalue weighted by Crippen LogP contribution is 2.63. The van der Waals surface area contributed by atoms with E-state index in [9.17, 15) is 71.4 Å². The third-order valence-corrected chi connectivity index (χ3v) is 30.5. The van der Waals surface area contributed by atoms with E-state index in [2.05, 4.69) is 101 Å². The van der Waals surface area contributed by atoms with Crippen LogP contribution >= 0.6 is 95.2 Å². The predicted octanol–water partition coefficient (Wildman–Crippen LogP) is 3.58. The maximum atomic E-state index is 14.9. The van der Waals surface area contributed by atoms with Gasteiger partial charge in [0.2, 0.25) is 0 Å². The van der Waals surface area contributed by atoms with E-state index in [1.807, 2.05) is 0 Å². The summed E-state index contributed by atoms with van der Waals surface area (Å²) in [7, 11) is 0. The van der Waals surface area contributed by atoms with Gasteiger partial charge in [0, 0.05) is 78.1 Å². The molecule has 14 unspecified atom stereocenters. The molecule has 0 amide bonds. The number of rotatable bonds is 37. The van der Waals surface area contributed by atoms with Crippen molar-refractivity contribution in [2.75, 3.05) is 70.1 Å². The molecule has 0 spiro atoms. The minimum Gasteiger partial charge on any atom is -0.394 e. The second-order valence-electron chi connectivity index (χ2n) is 30.9. The first-order chi connectivity index (χ1) is 59.4. The number of ether oxygens (including phenoxy) is 7. The van der Waals surface area contributed by atoms with E-state index in [-0.39, 0.29) is 73.0 Å². The molecule has 7 aliphatic heterocycles. The van der Waals surface area contributed by atoms with Crippen molar-refractivity contribution < 1.29 is 111 Å². The van der Waals surface area contributed by atoms with Crippen molar-refractivity contribution in [2.24, 2.45) is 0 Å². The molecule has 692 valence electrons. The summed E-state index contributed by atoms with van der Waals surface area (Å²) in [5, 5.41) is 21.8. The van der Waals surface area contributed by atoms with Gasteiger partial charge in [0.15, 0.2) is 17.7 Å². The molecule has 7 aromatic rings. The first kappa shape index (κ1) is 96.0. The number of nitrogens with two attached hydrogens (primary N) is 3. The van der Waals surface area contributed by atoms with Gasteiger partial charge in [-0.05, 0) is 54.4 Å². The fourth-order valence-electron chi connectivity index (χ4n) is 15.7. The van der Waals surface area contributed by atoms with Crippen LogP contribution in [0.3, 0.4) is 0 Å². The summed E-state index contributed by atoms with van der Waals surface area (Å²) in [5.74, 6) is -0.0139. The highest BCUT2D eigenvalue weighted by molar-refractivity contribution is 8.45. The monoisotopic (exact) mass is 1960 g/mol. The molecule has 49 nitrogen and oxygen atoms in total. The van der Waals surface area contributed by atoms with E-state index in [0.29, 0.717) is 48.0 Å². The predicted molar refractivity (Wildman–Crippen MR) is 457 cm³/mol. The number of aromatic nitrogens is 14. The van der Waals surface area contributed by atoms with Crippen LogP contribution in [0, 0.1) is 34.6 Å². The number of aromatic amines is 3. The summed E-state index contributed by atoms with van der Waals surface area (Å²) >= 11 is 21.4. The molecule has 59 heteroatoms. The molecule has 2 bridgehead atoms. The Bertz CT molecular complexity index is 6030. The van der Waals surface area contributed by atoms with Crippen LogP contribution in [-0.4, -0.2) is 215 Å². The normalized spacial score (nSPS) is 30.8. The molecule has 14 heterocycles. The van der Waals surface area contributed by atoms with Crippen molar-refractivity contribution in [3.05, 3.63) is 155 Å². The van der Waals surface area contributed by atoms with Gasteiger partial charge < -0.3 is 65.1 Å². The standard InChI is InChI=1S/C67H92N17O32P5S5/c1-30-16-79(62(90)74-54(30)68)36-22-100-44(25-104-119(97,124)114-41-15-47(82-20-34(5)60(89)78-66(82)94)110-43(41)24-103-118(96,123)113-40-14-46(109-42(40)21-85)81-19-33(4)59(88)77-65(81)93)51(36)116-120(98,125)105-26-45-50(37(23-101-45)80-18-32(3)58(87)76-64(80)92)115-117(95,122)102-12-10-8-7-9-11-38-39(13-48(108-38)84-29-73-49-56(70)71-28-72-57(49)84)112-121(99,126)106-27-67-35(6)107-52(53(67)86)61(111-67)83-17-31(2)55(69)75-63(83)91/h16-20,28-29,35-48,50-53,61,85-86H,7-15,21-27H2,1-6H3,(H,95,122)(H,96,123)(H,97,124)(H,98,125)(H,99,126)(H2,68,74,90)(H2,69,75,91)(H2,70,71,72)(H,76,87,92)(H,77,88,93)(H,78,89,94)/t35-,36?,37?,38+,39?,40?,41?,42+,43+,44+,45+,46+,47+,48+,50?,51?,52?,53?,61+,67-,117?,118?,119?,120?,121?/m0/s1. The largest absolute Gasteiger partial charge is 0.394 e. The zero-order chi connectivity index (χ0) is 90.8. The fraction of sp³-hybridized carbons (Fsp3) is 0.627. The van der Waals surface area contributed by atoms with Crippen molar-refractivity contribution in [3.8, 4) is 0 Å². The Morgan fingerprint density at radius 1 is 0.500 bits per heavy atom. The van der Waals surface area contributed by atoms with E-state index in [4.69, 9.17) is 95.6 Å². The molecule has 126 heavy (non-hydrogen) atoms. The van der Waals surface area contributed by atoms with Crippen LogP contribution in [0.15, 0.2) is 82.0 Å². The summed E-state index contributed by atoms with van der Waals surface area (Å²) in [5.41, 5.74) is 11.6. The van der Waals surface area contributed by atoms with Crippen LogP contribution in [0.4, 0.5) is 17.5 Å². The van der Waals surface area contributed by atoms with Crippen molar-refractivity contribution in [1.29, 1.82) is 0 Å². The third-order valence-electron chi connectivity index (χ3n) is 22.4. The van der Waals surface area contributed by atoms with Crippen LogP contribution in [0.2, 0.25) is 0 Å². The molecule has 0 radical (unpaired) electrons. The number of hydrogen-bond acceptors (Lipinski definition) is 40. The van der Waals surface area contributed by atoms with Gasteiger partial charge in [0.25, 0.3) is 16.7 Å². The maximum absolute atomic E-state index is 14.9. The highest BCUT2D eigenvalue weighted by Gasteiger charge is 2.67. The summed E-state index contributed by atoms with van der Waals surface area (Å²) < 4.78 is 182. The van der Waals surface area contributed by atoms with Gasteiger partial charge in [0.1, 0.15) is 109 Å². The van der Waals surface area contributed by atoms with Gasteiger partial charge in [-0.15, -0.1) is 0 Å². The Labute approximate surface area is 738 Å². The Kier molecular flexibility index (Phi) is 29.4. The number of aliphatic hydroxyl groups excluding tert-OH is 2. The van der Waals surface area contributed by atoms with Crippen molar-refractivity contribution in [2.45, 2.75) is 215 Å². The quantitative estimate of drug-likeness (QED) is 0.0150. The summed E-state index contributed by atoms with van der Waals surface area (Å²) in [6, 6.07) is -2.49. The van der Waals surface area contributed by atoms with Gasteiger partial charge >= 0.3 is 62.4 Å². The molecule has 25 atom stereocenters. The second kappa shape index (κ2) is 38.6. The number of imidazole rings is 1. The zero-order valence-electron chi connectivity index (χ0n) is 67.6. The van der Waals surface area contributed by atoms with Gasteiger partial charge in [-0.1, -0.05) is 80.5 Å². The number of nitrogens with one attached hydrogen (secondary N) is 3. The number of nitrogen functional groups attached to an aromatic ring is 3. The fourth-order valence-corrected chi connectivity index (χ4v) is 23.3. The summed E-state index contributed by atoms with van der Waals surface area (Å²) in [6.45, 7) is -18.7. The minimum atomic E-state index is -4.86. The van der Waals surface area contributed by atoms with Crippen molar-refractivity contribution in [1.82, 2.24) is 67.3 Å². The SMILES string of the molecule is Cc1cn(C2CO[C@H](COP(=O)(S)OC3C[C@H](n4cc(C)c(=O)[nH]c4=O)O[C@@H]3COP(=O)(S)OC3C[C@H](n4cc(C)c(=O)[nH]c4=O)O[C@@H]3CO)C2OP(=O)(S)OC[C@H]2OCC(n3cc(C)c(=O)[nH]c3=O)C2OP(=O)(S)OCCCCCC[C@H]2O[C@@H](n3cnc4c(N)ncnc43)CC2OP(=O)(S)OC[C@]23O[C@@H](n4cc(C)c(N)nc4=O)C(O[C@H]2C)C3O)c(=O)nc1N. The topological polar surface area (TPSA) is 639 Å². The van der Waals surface area contributed by atoms with Crippen molar-refractivity contribution >= 4 is 124 Å². The number of nitrogens with zero attached hydrogens (tertiary/aromatic N) is 11. The Morgan fingerprint density at radius 2 is 0.937 bits per heavy atom. The average molecular weight is 1960 g/mol. The lowest BCUT2D eigenvalue weighted by molar-refractivity contribution is -0.216. The van der Waals surface area contributed by atoms with E-state index in [1.54, 1.807) is 18.4 Å². The summed E-state index contributed by atoms with van der Waals surface area (Å²) in [4.78, 5) is 130. The third kappa shape index (κ3) is 21.3. The van der Waals surface area contributed by atoms with Crippen molar-refractivity contribution in [3.63, 3.8) is 0 Å². The molecular formula is C67H92N17O32P5S5. The van der Waals surface area contributed by atoms with Gasteiger partial charge in [-0.25, -0.2) is 61.7 Å². The summed E-state index contributed by atoms with van der Waals surface area (Å²) in [6.07, 6.45) is -10.2. The molecule has 0 aromatic carbocycles. The number of fused-ring (bicyclic) bond motifs is 3. The highest BCUT2D eigenvalue weighted by atomic mass is 32.7. The van der Waals surface area contributed by atoms with Crippen LogP contribution in [0.5, 0.6) is 0 Å². The van der Waals surface area contributed by atoms with Crippen LogP contribution in [0.25, 0.3) is 11.2 Å². The van der Waals surface area contributed by atoms with Gasteiger partial charge in [0.05, 0.1) is 89.6 Å². The maximum Gasteiger partial charge on any atom is 0.386 e. The van der Waals surface area contributed by atoms with E-state index in [0.717, 1.165) is 22.8 Å². The Hall–Kier alpha value is -6.11. The van der Waals surface area contributed by atoms with E-state index in [1.165, 1.54) is 71.3 Å². The molecule has 14 rings (SSSR count). The Morgan fingerprint density at radius 3 is 1.49 bits per heavy atom. The van der Waals surface area contributed by atoms with E-state index < -0.39 is 241 Å². The number of unbranched alkanes of at least 4 members (excludes halogenated alkanes) is 3. The molecule has 7 fully saturated rings. The lowest BCUT2D eigenvalue weighted by Gasteiger charge is -2.36. The first-order valence-electron chi connectivity index (χ1n) is 39.1. The number of anilines is 3. The van der Waals surface area contributed by atoms with Crippen LogP contribution < -0.4 is 62.3 Å². The number of hydrogen-bond donors (Lipinski definition) is 13. The lowest BCUT2D eigenvalue weighted by atomic mass is 9.94. The van der Waals surface area contributed by atoms with E-state index >= 15 is 0 Å². The lowest BCUT2D eigenvalue weighted by Crippen LogP contribution is -2.50. The minimum absolute atomic E-state index is 0.00910. The zero-order valence-corrected chi connectivity index (χ0v) is 76.5. The molecule has 7 aliphatic rings. The molecule has 0 saturated carbocycles. The molecule has 0 aliphatic carbocycles. The first-order valence-corrected chi connectivity index (χ1v) is 52.6. The molecular weight excluding hydrogens is 1870 g/mol. The average Bonchev–Trinajstić information content (AvgIpc) is 1.55.